The summed E-state index contributed by atoms with van der Waals surface area (Å²) < 4.78 is 60.1. The molecule has 1 aliphatic rings. The van der Waals surface area contributed by atoms with Crippen LogP contribution in [-0.4, -0.2) is 34.3 Å². The van der Waals surface area contributed by atoms with E-state index in [1.54, 1.807) is 0 Å². The fourth-order valence-electron chi connectivity index (χ4n) is 3.17. The van der Waals surface area contributed by atoms with Crippen molar-refractivity contribution < 1.29 is 27.1 Å². The highest BCUT2D eigenvalue weighted by molar-refractivity contribution is 5.85. The van der Waals surface area contributed by atoms with Crippen LogP contribution in [0.4, 0.5) is 17.6 Å². The fourth-order valence-corrected chi connectivity index (χ4v) is 3.17. The van der Waals surface area contributed by atoms with Gasteiger partial charge in [0, 0.05) is 32.0 Å². The van der Waals surface area contributed by atoms with Gasteiger partial charge in [0.25, 0.3) is 0 Å². The first-order valence-electron chi connectivity index (χ1n) is 7.79. The number of nitrogens with zero attached hydrogens (tertiary/aromatic N) is 2. The first-order chi connectivity index (χ1) is 11.6. The molecule has 0 radical (unpaired) electrons. The van der Waals surface area contributed by atoms with Gasteiger partial charge < -0.3 is 10.1 Å². The Hall–Kier alpha value is -2.16. The number of carbonyl (C=O) groups excluding carboxylic acids is 1. The van der Waals surface area contributed by atoms with Crippen molar-refractivity contribution in [3.63, 3.8) is 0 Å². The molecule has 0 unspecified atom stereocenters. The van der Waals surface area contributed by atoms with Crippen molar-refractivity contribution in [3.8, 4) is 5.75 Å². The highest BCUT2D eigenvalue weighted by Gasteiger charge is 2.36. The number of fused-ring (bicyclic) bond motifs is 1. The average Bonchev–Trinajstić information content (AvgIpc) is 2.77. The van der Waals surface area contributed by atoms with Crippen LogP contribution >= 0.6 is 0 Å². The second-order valence-electron chi connectivity index (χ2n) is 6.30. The lowest BCUT2D eigenvalue weighted by Crippen LogP contribution is -2.47. The Morgan fingerprint density at radius 3 is 2.72 bits per heavy atom. The van der Waals surface area contributed by atoms with E-state index in [1.807, 2.05) is 6.92 Å². The molecule has 25 heavy (non-hydrogen) atoms. The van der Waals surface area contributed by atoms with Gasteiger partial charge in [-0.2, -0.15) is 17.6 Å². The molecule has 0 bridgehead atoms. The van der Waals surface area contributed by atoms with E-state index in [9.17, 15) is 22.4 Å². The quantitative estimate of drug-likeness (QED) is 0.857. The number of aromatic nitrogens is 2. The zero-order valence-corrected chi connectivity index (χ0v) is 13.7. The van der Waals surface area contributed by atoms with Gasteiger partial charge in [-0.25, -0.2) is 0 Å². The number of carbonyl (C=O) groups is 1. The van der Waals surface area contributed by atoms with E-state index in [-0.39, 0.29) is 47.5 Å². The maximum Gasteiger partial charge on any atom is 0.418 e. The standard InChI is InChI=1S/C16H17F4N3O2/c1-8-3-10(24)4-9(21-8)7-25-11-5-12-14(23(2)22-15(12)17)13(6-11)16(18,19)20/h5-6,8-9,21H,3-4,7H2,1-2H3/t8-,9-/m0/s1. The number of hydrogen-bond donors (Lipinski definition) is 1. The number of Topliss-reactive ketones (excluding diaryl/α,β-unsaturated/α-hetero) is 1. The molecule has 0 aliphatic carbocycles. The normalized spacial score (nSPS) is 21.8. The molecule has 1 saturated heterocycles. The third-order valence-corrected chi connectivity index (χ3v) is 4.15. The highest BCUT2D eigenvalue weighted by Crippen LogP contribution is 2.38. The lowest BCUT2D eigenvalue weighted by molar-refractivity contribution is -0.136. The Bertz CT molecular complexity index is 816. The lowest BCUT2D eigenvalue weighted by Gasteiger charge is -2.27. The molecule has 2 aromatic rings. The number of nitrogens with one attached hydrogen (secondary N) is 1. The van der Waals surface area contributed by atoms with Gasteiger partial charge in [0.15, 0.2) is 0 Å². The molecule has 2 atom stereocenters. The van der Waals surface area contributed by atoms with Crippen molar-refractivity contribution in [3.05, 3.63) is 23.6 Å². The van der Waals surface area contributed by atoms with Crippen LogP contribution in [0, 0.1) is 5.95 Å². The van der Waals surface area contributed by atoms with Crippen molar-refractivity contribution >= 4 is 16.7 Å². The number of ketones is 1. The van der Waals surface area contributed by atoms with E-state index in [1.165, 1.54) is 13.1 Å². The van der Waals surface area contributed by atoms with Crippen molar-refractivity contribution in [2.75, 3.05) is 6.61 Å². The molecule has 5 nitrogen and oxygen atoms in total. The molecule has 0 saturated carbocycles. The van der Waals surface area contributed by atoms with Gasteiger partial charge in [-0.1, -0.05) is 0 Å². The van der Waals surface area contributed by atoms with Crippen LogP contribution in [0.1, 0.15) is 25.3 Å². The van der Waals surface area contributed by atoms with E-state index < -0.39 is 17.7 Å². The molecule has 2 heterocycles. The van der Waals surface area contributed by atoms with Gasteiger partial charge in [0.2, 0.25) is 5.95 Å². The van der Waals surface area contributed by atoms with E-state index in [4.69, 9.17) is 4.74 Å². The smallest absolute Gasteiger partial charge is 0.418 e. The second-order valence-corrected chi connectivity index (χ2v) is 6.30. The van der Waals surface area contributed by atoms with Crippen molar-refractivity contribution in [1.82, 2.24) is 15.1 Å². The van der Waals surface area contributed by atoms with E-state index in [2.05, 4.69) is 10.4 Å². The monoisotopic (exact) mass is 359 g/mol. The minimum atomic E-state index is -4.68. The van der Waals surface area contributed by atoms with Crippen LogP contribution < -0.4 is 10.1 Å². The SMILES string of the molecule is C[C@H]1CC(=O)C[C@@H](COc2cc(C(F)(F)F)c3c(c2)c(F)nn3C)N1. The van der Waals surface area contributed by atoms with Crippen LogP contribution in [-0.2, 0) is 18.0 Å². The lowest BCUT2D eigenvalue weighted by atomic mass is 9.99. The minimum absolute atomic E-state index is 0.0146. The molecule has 3 rings (SSSR count). The number of benzene rings is 1. The first kappa shape index (κ1) is 17.7. The summed E-state index contributed by atoms with van der Waals surface area (Å²) in [5.41, 5.74) is -1.35. The Labute approximate surface area is 140 Å². The minimum Gasteiger partial charge on any atom is -0.492 e. The Balaban J connectivity index is 1.89. The summed E-state index contributed by atoms with van der Waals surface area (Å²) in [6, 6.07) is 1.72. The average molecular weight is 359 g/mol. The van der Waals surface area contributed by atoms with Gasteiger partial charge >= 0.3 is 6.18 Å². The molecule has 0 spiro atoms. The maximum atomic E-state index is 13.8. The van der Waals surface area contributed by atoms with E-state index in [0.717, 1.165) is 10.7 Å². The molecule has 1 N–H and O–H groups in total. The third-order valence-electron chi connectivity index (χ3n) is 4.15. The molecule has 1 aliphatic heterocycles. The van der Waals surface area contributed by atoms with Crippen LogP contribution in [0.3, 0.4) is 0 Å². The third kappa shape index (κ3) is 3.60. The number of hydrogen-bond acceptors (Lipinski definition) is 4. The van der Waals surface area contributed by atoms with Crippen LogP contribution in [0.5, 0.6) is 5.75 Å². The fraction of sp³-hybridized carbons (Fsp3) is 0.500. The predicted molar refractivity (Wildman–Crippen MR) is 81.8 cm³/mol. The number of ether oxygens (including phenoxy) is 1. The molecule has 1 aromatic carbocycles. The zero-order chi connectivity index (χ0) is 18.4. The Morgan fingerprint density at radius 2 is 2.08 bits per heavy atom. The molecule has 1 aromatic heterocycles. The molecule has 1 fully saturated rings. The Kier molecular flexibility index (Phi) is 4.44. The van der Waals surface area contributed by atoms with Gasteiger partial charge in [0.05, 0.1) is 16.5 Å². The predicted octanol–water partition coefficient (Wildman–Crippen LogP) is 2.82. The second kappa shape index (κ2) is 6.29. The van der Waals surface area contributed by atoms with Crippen LogP contribution in [0.25, 0.3) is 10.9 Å². The van der Waals surface area contributed by atoms with Crippen molar-refractivity contribution in [1.29, 1.82) is 0 Å². The molecular formula is C16H17F4N3O2. The van der Waals surface area contributed by atoms with Crippen LogP contribution in [0.15, 0.2) is 12.1 Å². The maximum absolute atomic E-state index is 13.8. The summed E-state index contributed by atoms with van der Waals surface area (Å²) in [6.45, 7) is 1.86. The van der Waals surface area contributed by atoms with Crippen molar-refractivity contribution in [2.24, 2.45) is 7.05 Å². The molecule has 136 valence electrons. The van der Waals surface area contributed by atoms with Gasteiger partial charge in [-0.15, -0.1) is 5.10 Å². The highest BCUT2D eigenvalue weighted by atomic mass is 19.4. The van der Waals surface area contributed by atoms with Gasteiger partial charge in [0.1, 0.15) is 18.1 Å². The summed E-state index contributed by atoms with van der Waals surface area (Å²) in [4.78, 5) is 11.6. The zero-order valence-electron chi connectivity index (χ0n) is 13.7. The van der Waals surface area contributed by atoms with Crippen molar-refractivity contribution in [2.45, 2.75) is 38.0 Å². The number of rotatable bonds is 3. The summed E-state index contributed by atoms with van der Waals surface area (Å²) in [7, 11) is 1.25. The molecule has 0 amide bonds. The molecular weight excluding hydrogens is 342 g/mol. The van der Waals surface area contributed by atoms with E-state index >= 15 is 0 Å². The number of aryl methyl sites for hydroxylation is 1. The van der Waals surface area contributed by atoms with Gasteiger partial charge in [-0.05, 0) is 19.1 Å². The summed E-state index contributed by atoms with van der Waals surface area (Å²) >= 11 is 0. The Morgan fingerprint density at radius 1 is 1.36 bits per heavy atom. The summed E-state index contributed by atoms with van der Waals surface area (Å²) in [5.74, 6) is -1.03. The topological polar surface area (TPSA) is 56.1 Å². The number of halogens is 4. The molecule has 9 heteroatoms. The van der Waals surface area contributed by atoms with Crippen LogP contribution in [0.2, 0.25) is 0 Å². The number of piperidine rings is 1. The summed E-state index contributed by atoms with van der Waals surface area (Å²) in [5, 5.41) is 6.31. The largest absolute Gasteiger partial charge is 0.492 e. The van der Waals surface area contributed by atoms with E-state index in [0.29, 0.717) is 6.42 Å². The van der Waals surface area contributed by atoms with Gasteiger partial charge in [-0.3, -0.25) is 9.48 Å². The first-order valence-corrected chi connectivity index (χ1v) is 7.79. The summed E-state index contributed by atoms with van der Waals surface area (Å²) in [6.07, 6.45) is -4.01. The number of alkyl halides is 3.